The predicted octanol–water partition coefficient (Wildman–Crippen LogP) is 3.85. The molecule has 0 rings (SSSR count). The molecule has 5 nitrogen and oxygen atoms in total. The van der Waals surface area contributed by atoms with E-state index in [1.165, 1.54) is 12.8 Å². The molecule has 26 heavy (non-hydrogen) atoms. The molecule has 2 atom stereocenters. The Morgan fingerprint density at radius 1 is 0.615 bits per heavy atom. The van der Waals surface area contributed by atoms with Crippen molar-refractivity contribution in [2.24, 2.45) is 0 Å². The predicted molar refractivity (Wildman–Crippen MR) is 116 cm³/mol. The molecule has 0 aliphatic heterocycles. The molecular formula is C19H45NO4Si2. The van der Waals surface area contributed by atoms with E-state index in [9.17, 15) is 0 Å². The highest BCUT2D eigenvalue weighted by Gasteiger charge is 2.26. The number of hydrogen-bond acceptors (Lipinski definition) is 5. The molecule has 7 heteroatoms. The molecule has 0 spiro atoms. The van der Waals surface area contributed by atoms with Gasteiger partial charge in [-0.2, -0.15) is 0 Å². The lowest BCUT2D eigenvalue weighted by atomic mass is 10.2. The molecule has 0 radical (unpaired) electrons. The van der Waals surface area contributed by atoms with Crippen molar-refractivity contribution in [1.29, 1.82) is 0 Å². The summed E-state index contributed by atoms with van der Waals surface area (Å²) in [6, 6.07) is 0. The van der Waals surface area contributed by atoms with Gasteiger partial charge in [-0.05, 0) is 60.7 Å². The zero-order chi connectivity index (χ0) is 19.8. The van der Waals surface area contributed by atoms with Gasteiger partial charge in [0, 0.05) is 37.5 Å². The van der Waals surface area contributed by atoms with Crippen LogP contribution in [0.1, 0.15) is 67.2 Å². The van der Waals surface area contributed by atoms with Crippen LogP contribution in [0.5, 0.6) is 0 Å². The van der Waals surface area contributed by atoms with Crippen molar-refractivity contribution >= 4 is 18.6 Å². The molecule has 158 valence electrons. The van der Waals surface area contributed by atoms with Gasteiger partial charge in [-0.25, -0.2) is 0 Å². The minimum absolute atomic E-state index is 0.591. The van der Waals surface area contributed by atoms with Crippen molar-refractivity contribution in [1.82, 2.24) is 4.90 Å². The van der Waals surface area contributed by atoms with Crippen LogP contribution in [0, 0.1) is 0 Å². The molecule has 0 aromatic heterocycles. The largest absolute Gasteiger partial charge is 0.397 e. The Morgan fingerprint density at radius 2 is 0.923 bits per heavy atom. The molecule has 0 aliphatic rings. The van der Waals surface area contributed by atoms with Gasteiger partial charge in [0.05, 0.1) is 0 Å². The van der Waals surface area contributed by atoms with Crippen LogP contribution in [0.15, 0.2) is 0 Å². The van der Waals surface area contributed by atoms with Gasteiger partial charge in [0.15, 0.2) is 0 Å². The first-order chi connectivity index (χ1) is 12.6. The molecule has 0 amide bonds. The van der Waals surface area contributed by atoms with E-state index in [-0.39, 0.29) is 0 Å². The lowest BCUT2D eigenvalue weighted by Crippen LogP contribution is -2.34. The summed E-state index contributed by atoms with van der Waals surface area (Å²) in [5.74, 6) is 0. The first-order valence-electron chi connectivity index (χ1n) is 10.7. The van der Waals surface area contributed by atoms with E-state index in [1.807, 2.05) is 0 Å². The first kappa shape index (κ1) is 26.2. The molecule has 0 aromatic carbocycles. The Morgan fingerprint density at radius 3 is 1.15 bits per heavy atom. The number of rotatable bonds is 18. The van der Waals surface area contributed by atoms with Crippen LogP contribution >= 0.6 is 0 Å². The molecule has 0 aliphatic carbocycles. The van der Waals surface area contributed by atoms with Gasteiger partial charge in [-0.3, -0.25) is 0 Å². The molecular weight excluding hydrogens is 362 g/mol. The van der Waals surface area contributed by atoms with Crippen LogP contribution < -0.4 is 0 Å². The highest BCUT2D eigenvalue weighted by Crippen LogP contribution is 2.24. The van der Waals surface area contributed by atoms with Gasteiger partial charge < -0.3 is 22.6 Å². The van der Waals surface area contributed by atoms with E-state index in [2.05, 4.69) is 53.5 Å². The van der Waals surface area contributed by atoms with Crippen molar-refractivity contribution < 1.29 is 17.7 Å². The molecule has 0 N–H and O–H groups in total. The minimum atomic E-state index is -1.55. The fraction of sp³-hybridized carbons (Fsp3) is 1.00. The lowest BCUT2D eigenvalue weighted by molar-refractivity contribution is 0.193. The third kappa shape index (κ3) is 11.2. The Kier molecular flexibility index (Phi) is 17.5. The van der Waals surface area contributed by atoms with Crippen LogP contribution in [-0.4, -0.2) is 70.0 Å². The van der Waals surface area contributed by atoms with Crippen LogP contribution in [0.4, 0.5) is 0 Å². The van der Waals surface area contributed by atoms with E-state index < -0.39 is 18.6 Å². The monoisotopic (exact) mass is 407 g/mol. The Hall–Kier alpha value is 0.234. The summed E-state index contributed by atoms with van der Waals surface area (Å²) < 4.78 is 23.8. The highest BCUT2D eigenvalue weighted by atomic mass is 28.3. The summed E-state index contributed by atoms with van der Waals surface area (Å²) in [5, 5.41) is 0. The van der Waals surface area contributed by atoms with Gasteiger partial charge in [0.25, 0.3) is 0 Å². The van der Waals surface area contributed by atoms with Gasteiger partial charge in [-0.15, -0.1) is 0 Å². The Bertz CT molecular complexity index is 273. The average Bonchev–Trinajstić information content (AvgIpc) is 2.63. The fourth-order valence-corrected chi connectivity index (χ4v) is 7.45. The second kappa shape index (κ2) is 17.3. The lowest BCUT2D eigenvalue weighted by Gasteiger charge is -2.28. The third-order valence-electron chi connectivity index (χ3n) is 4.91. The molecule has 0 heterocycles. The van der Waals surface area contributed by atoms with E-state index in [4.69, 9.17) is 17.7 Å². The van der Waals surface area contributed by atoms with Gasteiger partial charge >= 0.3 is 18.6 Å². The second-order valence-electron chi connectivity index (χ2n) is 6.78. The topological polar surface area (TPSA) is 40.2 Å². The molecule has 0 fully saturated rings. The Balaban J connectivity index is 4.41. The summed E-state index contributed by atoms with van der Waals surface area (Å²) in [6.07, 6.45) is 4.62. The maximum atomic E-state index is 5.94. The fourth-order valence-electron chi connectivity index (χ4n) is 3.25. The van der Waals surface area contributed by atoms with Crippen LogP contribution in [-0.2, 0) is 17.7 Å². The smallest absolute Gasteiger partial charge is 0.324 e. The van der Waals surface area contributed by atoms with E-state index in [0.29, 0.717) is 11.1 Å². The second-order valence-corrected chi connectivity index (χ2v) is 11.5. The summed E-state index contributed by atoms with van der Waals surface area (Å²) in [7, 11) is -0.865. The Labute approximate surface area is 166 Å². The summed E-state index contributed by atoms with van der Waals surface area (Å²) in [6.45, 7) is 18.1. The van der Waals surface area contributed by atoms with E-state index in [1.54, 1.807) is 0 Å². The van der Waals surface area contributed by atoms with Crippen molar-refractivity contribution in [3.63, 3.8) is 0 Å². The maximum absolute atomic E-state index is 5.94. The summed E-state index contributed by atoms with van der Waals surface area (Å²) >= 11 is 0. The zero-order valence-electron chi connectivity index (χ0n) is 18.5. The molecule has 0 saturated heterocycles. The van der Waals surface area contributed by atoms with Gasteiger partial charge in [-0.1, -0.05) is 26.7 Å². The normalized spacial score (nSPS) is 14.5. The first-order valence-corrected chi connectivity index (χ1v) is 13.9. The quantitative estimate of drug-likeness (QED) is 0.323. The number of hydrogen-bond donors (Lipinski definition) is 0. The zero-order valence-corrected chi connectivity index (χ0v) is 20.8. The van der Waals surface area contributed by atoms with Crippen molar-refractivity contribution in [2.45, 2.75) is 78.3 Å². The van der Waals surface area contributed by atoms with Gasteiger partial charge in [0.2, 0.25) is 0 Å². The molecule has 2 unspecified atom stereocenters. The maximum Gasteiger partial charge on any atom is 0.324 e. The number of nitrogens with zero attached hydrogens (tertiary/aromatic N) is 1. The standard InChI is InChI=1S/C19H45NO4Si2/c1-8-18(25(21-10-3)22-11-4)14-16-20(7)17-15-19(9-2)26(23-12-5)24-13-6/h18-19,25-26H,8-17H2,1-7H3. The van der Waals surface area contributed by atoms with Crippen molar-refractivity contribution in [3.05, 3.63) is 0 Å². The average molecular weight is 408 g/mol. The molecule has 0 bridgehead atoms. The highest BCUT2D eigenvalue weighted by molar-refractivity contribution is 6.46. The minimum Gasteiger partial charge on any atom is -0.397 e. The van der Waals surface area contributed by atoms with Crippen LogP contribution in [0.3, 0.4) is 0 Å². The van der Waals surface area contributed by atoms with Crippen molar-refractivity contribution in [3.8, 4) is 0 Å². The summed E-state index contributed by atoms with van der Waals surface area (Å²) in [4.78, 5) is 2.46. The van der Waals surface area contributed by atoms with E-state index >= 15 is 0 Å². The van der Waals surface area contributed by atoms with Gasteiger partial charge in [0.1, 0.15) is 0 Å². The van der Waals surface area contributed by atoms with Crippen molar-refractivity contribution in [2.75, 3.05) is 46.6 Å². The SMILES string of the molecule is CCO[SiH](OCC)C(CC)CCN(C)CCC(CC)[SiH](OCC)OCC. The van der Waals surface area contributed by atoms with Crippen LogP contribution in [0.25, 0.3) is 0 Å². The van der Waals surface area contributed by atoms with E-state index in [0.717, 1.165) is 52.4 Å². The van der Waals surface area contributed by atoms with Crippen LogP contribution in [0.2, 0.25) is 11.1 Å². The third-order valence-corrected chi connectivity index (χ3v) is 10.7. The molecule has 0 saturated carbocycles. The summed E-state index contributed by atoms with van der Waals surface area (Å²) in [5.41, 5.74) is 1.18. The molecule has 0 aromatic rings.